The molecule has 18 aromatic rings. The Labute approximate surface area is 578 Å². The molecule has 0 radical (unpaired) electrons. The first-order valence-corrected chi connectivity index (χ1v) is 34.6. The van der Waals surface area contributed by atoms with Crippen LogP contribution in [0.5, 0.6) is 0 Å². The maximum absolute atomic E-state index is 6.69. The summed E-state index contributed by atoms with van der Waals surface area (Å²) in [6.07, 6.45) is 0. The topological polar surface area (TPSA) is 24.6 Å². The summed E-state index contributed by atoms with van der Waals surface area (Å²) < 4.78 is 11.9. The third kappa shape index (κ3) is 9.81. The first-order valence-electron chi connectivity index (χ1n) is 33.8. The molecule has 2 aliphatic rings. The molecular weight excluding hydrogens is 1220 g/mol. The number of rotatable bonds is 11. The molecule has 0 atom stereocenters. The van der Waals surface area contributed by atoms with Crippen LogP contribution in [-0.4, -0.2) is 4.57 Å². The zero-order chi connectivity index (χ0) is 65.3. The number of para-hydroxylation sites is 3. The zero-order valence-electron chi connectivity index (χ0n) is 53.9. The number of anilines is 6. The maximum Gasteiger partial charge on any atom is 0.143 e. The average Bonchev–Trinajstić information content (AvgIpc) is 1.55. The van der Waals surface area contributed by atoms with Crippen molar-refractivity contribution in [3.8, 4) is 106 Å². The highest BCUT2D eigenvalue weighted by atomic mass is 32.1. The molecule has 3 heterocycles. The van der Waals surface area contributed by atoms with E-state index in [0.29, 0.717) is 0 Å². The predicted molar refractivity (Wildman–Crippen MR) is 418 cm³/mol. The van der Waals surface area contributed by atoms with Crippen molar-refractivity contribution < 1.29 is 4.42 Å². The Hall–Kier alpha value is -12.8. The van der Waals surface area contributed by atoms with Gasteiger partial charge in [-0.25, -0.2) is 0 Å². The van der Waals surface area contributed by atoms with E-state index in [2.05, 4.69) is 384 Å². The molecule has 20 rings (SSSR count). The molecule has 15 aromatic carbocycles. The van der Waals surface area contributed by atoms with E-state index in [9.17, 15) is 0 Å². The summed E-state index contributed by atoms with van der Waals surface area (Å²) in [7, 11) is 0. The summed E-state index contributed by atoms with van der Waals surface area (Å²) in [4.78, 5) is 4.62. The van der Waals surface area contributed by atoms with Crippen LogP contribution in [0.15, 0.2) is 374 Å². The Bertz CT molecular complexity index is 6000. The van der Waals surface area contributed by atoms with E-state index in [1.54, 1.807) is 0 Å². The number of hydrogen-bond acceptors (Lipinski definition) is 4. The van der Waals surface area contributed by atoms with Gasteiger partial charge in [0, 0.05) is 87.4 Å². The van der Waals surface area contributed by atoms with Crippen LogP contribution in [0.25, 0.3) is 148 Å². The molecule has 0 aliphatic heterocycles. The monoisotopic (exact) mass is 1280 g/mol. The lowest BCUT2D eigenvalue weighted by molar-refractivity contribution is 0.632. The number of hydrogen-bond donors (Lipinski definition) is 0. The normalized spacial score (nSPS) is 11.6. The SMILES string of the molecule is c1ccc(-c2ccc(N(c3ccccc3)c3ccc(-n4c(-c5ccccc5)c5c6c(cccc64)-c4cccc6sc7cccc-5c7c46)cc3)cc2)cc1.c1ccc(N(c2ccccc2)c2ccc(-c3ccc(-c4oc5cccc6c5c4-c4ccccc4-c4ccccc4-6)cc3)cc2)cc1. The Kier molecular flexibility index (Phi) is 14.0. The first kappa shape index (κ1) is 57.6. The van der Waals surface area contributed by atoms with Crippen molar-refractivity contribution >= 4 is 87.5 Å². The third-order valence-electron chi connectivity index (χ3n) is 19.8. The van der Waals surface area contributed by atoms with E-state index in [4.69, 9.17) is 4.42 Å². The minimum absolute atomic E-state index is 0.908. The Morgan fingerprint density at radius 3 is 1.12 bits per heavy atom. The summed E-state index contributed by atoms with van der Waals surface area (Å²) in [6, 6.07) is 133. The predicted octanol–water partition coefficient (Wildman–Crippen LogP) is 27.0. The van der Waals surface area contributed by atoms with Crippen molar-refractivity contribution in [2.45, 2.75) is 0 Å². The minimum Gasteiger partial charge on any atom is -0.455 e. The van der Waals surface area contributed by atoms with Gasteiger partial charge in [-0.1, -0.05) is 261 Å². The number of aromatic nitrogens is 1. The molecule has 4 nitrogen and oxygen atoms in total. The summed E-state index contributed by atoms with van der Waals surface area (Å²) in [5.41, 5.74) is 30.7. The highest BCUT2D eigenvalue weighted by Crippen LogP contribution is 2.56. The second-order valence-electron chi connectivity index (χ2n) is 25.4. The fourth-order valence-electron chi connectivity index (χ4n) is 15.4. The van der Waals surface area contributed by atoms with Crippen molar-refractivity contribution in [3.63, 3.8) is 0 Å². The molecule has 0 saturated heterocycles. The zero-order valence-corrected chi connectivity index (χ0v) is 54.7. The smallest absolute Gasteiger partial charge is 0.143 e. The van der Waals surface area contributed by atoms with Crippen molar-refractivity contribution in [1.82, 2.24) is 4.57 Å². The summed E-state index contributed by atoms with van der Waals surface area (Å²) >= 11 is 1.90. The minimum atomic E-state index is 0.908. The van der Waals surface area contributed by atoms with Gasteiger partial charge in [0.05, 0.1) is 11.2 Å². The molecule has 0 fully saturated rings. The number of benzene rings is 15. The van der Waals surface area contributed by atoms with Gasteiger partial charge in [-0.05, 0) is 182 Å². The van der Waals surface area contributed by atoms with E-state index in [0.717, 1.165) is 67.8 Å². The Morgan fingerprint density at radius 2 is 0.586 bits per heavy atom. The fraction of sp³-hybridized carbons (Fsp3) is 0. The quantitative estimate of drug-likeness (QED) is 0.129. The molecule has 99 heavy (non-hydrogen) atoms. The molecule has 0 unspecified atom stereocenters. The highest BCUT2D eigenvalue weighted by molar-refractivity contribution is 7.26. The molecule has 5 heteroatoms. The molecule has 0 amide bonds. The standard InChI is InChI=1S/C50H32N2S.C44H29NO/c1-4-13-33(14-5-1)34-25-27-37(28-26-34)51(36-17-8-3-9-18-36)38-29-31-39(32-30-38)52-43-22-10-19-40-41-20-11-23-44-47(41)48-42(21-12-24-45(48)53-44)49(46(40)43)50(52)35-15-6-2-7-16-35;1-3-12-33(13-4-1)45(34-14-5-2-6-15-34)35-28-26-31(27-29-35)30-22-24-32(25-23-30)44-43-40-19-10-9-18-38(40)36-16-7-8-17-37(36)39-20-11-21-41(46-44)42(39)43/h1-32H;1-29H. The maximum atomic E-state index is 6.69. The molecular formula is C94H61N3OS. The molecule has 464 valence electrons. The molecule has 3 aromatic heterocycles. The number of thiophene rings is 1. The lowest BCUT2D eigenvalue weighted by atomic mass is 9.93. The van der Waals surface area contributed by atoms with Crippen molar-refractivity contribution in [3.05, 3.63) is 370 Å². The lowest BCUT2D eigenvalue weighted by Crippen LogP contribution is -2.10. The van der Waals surface area contributed by atoms with Gasteiger partial charge in [0.25, 0.3) is 0 Å². The van der Waals surface area contributed by atoms with E-state index in [-0.39, 0.29) is 0 Å². The van der Waals surface area contributed by atoms with Gasteiger partial charge in [0.1, 0.15) is 11.3 Å². The van der Waals surface area contributed by atoms with Crippen molar-refractivity contribution in [2.24, 2.45) is 0 Å². The van der Waals surface area contributed by atoms with Gasteiger partial charge in [-0.2, -0.15) is 0 Å². The van der Waals surface area contributed by atoms with Gasteiger partial charge < -0.3 is 18.8 Å². The van der Waals surface area contributed by atoms with Crippen molar-refractivity contribution in [1.29, 1.82) is 0 Å². The van der Waals surface area contributed by atoms with E-state index in [1.807, 2.05) is 11.3 Å². The van der Waals surface area contributed by atoms with E-state index < -0.39 is 0 Å². The second-order valence-corrected chi connectivity index (χ2v) is 26.5. The molecule has 2 aliphatic carbocycles. The largest absolute Gasteiger partial charge is 0.455 e. The Morgan fingerprint density at radius 1 is 0.232 bits per heavy atom. The second kappa shape index (κ2) is 24.1. The number of furan rings is 1. The van der Waals surface area contributed by atoms with Crippen LogP contribution in [0.3, 0.4) is 0 Å². The van der Waals surface area contributed by atoms with Crippen LogP contribution in [0.2, 0.25) is 0 Å². The summed E-state index contributed by atoms with van der Waals surface area (Å²) in [6.45, 7) is 0. The van der Waals surface area contributed by atoms with Crippen LogP contribution in [0.4, 0.5) is 34.1 Å². The molecule has 0 saturated carbocycles. The highest BCUT2D eigenvalue weighted by Gasteiger charge is 2.31. The molecule has 0 N–H and O–H groups in total. The average molecular weight is 1280 g/mol. The van der Waals surface area contributed by atoms with Gasteiger partial charge in [0.2, 0.25) is 0 Å². The Balaban J connectivity index is 0.000000140. The van der Waals surface area contributed by atoms with Gasteiger partial charge in [-0.15, -0.1) is 11.3 Å². The first-order chi connectivity index (χ1) is 49.1. The molecule has 0 bridgehead atoms. The molecule has 0 spiro atoms. The van der Waals surface area contributed by atoms with Crippen molar-refractivity contribution in [2.75, 3.05) is 9.80 Å². The lowest BCUT2D eigenvalue weighted by Gasteiger charge is -2.26. The summed E-state index contributed by atoms with van der Waals surface area (Å²) in [5.74, 6) is 0.908. The van der Waals surface area contributed by atoms with Gasteiger partial charge in [0.15, 0.2) is 0 Å². The number of fused-ring (bicyclic) bond motifs is 7. The van der Waals surface area contributed by atoms with E-state index in [1.165, 1.54) is 114 Å². The van der Waals surface area contributed by atoms with Crippen LogP contribution in [0, 0.1) is 0 Å². The van der Waals surface area contributed by atoms with Crippen LogP contribution in [0.1, 0.15) is 0 Å². The van der Waals surface area contributed by atoms with E-state index >= 15 is 0 Å². The van der Waals surface area contributed by atoms with Gasteiger partial charge >= 0.3 is 0 Å². The third-order valence-corrected chi connectivity index (χ3v) is 20.9. The number of nitrogens with zero attached hydrogens (tertiary/aromatic N) is 3. The summed E-state index contributed by atoms with van der Waals surface area (Å²) in [5, 5.41) is 5.22. The van der Waals surface area contributed by atoms with Crippen LogP contribution < -0.4 is 9.80 Å². The fourth-order valence-corrected chi connectivity index (χ4v) is 16.6. The van der Waals surface area contributed by atoms with Crippen LogP contribution >= 0.6 is 11.3 Å². The van der Waals surface area contributed by atoms with Gasteiger partial charge in [-0.3, -0.25) is 0 Å². The van der Waals surface area contributed by atoms with Crippen LogP contribution in [-0.2, 0) is 0 Å².